The summed E-state index contributed by atoms with van der Waals surface area (Å²) >= 11 is 0. The molecule has 0 spiro atoms. The van der Waals surface area contributed by atoms with E-state index < -0.39 is 44.7 Å². The van der Waals surface area contributed by atoms with Gasteiger partial charge in [0.2, 0.25) is 0 Å². The molecule has 5 fully saturated rings. The lowest BCUT2D eigenvalue weighted by Gasteiger charge is -2.71. The van der Waals surface area contributed by atoms with Gasteiger partial charge in [-0.1, -0.05) is 51.0 Å². The van der Waals surface area contributed by atoms with Crippen molar-refractivity contribution in [3.8, 4) is 0 Å². The Bertz CT molecular complexity index is 1080. The van der Waals surface area contributed by atoms with E-state index in [4.69, 9.17) is 4.74 Å². The van der Waals surface area contributed by atoms with Gasteiger partial charge in [-0.15, -0.1) is 0 Å². The Morgan fingerprint density at radius 1 is 0.914 bits per heavy atom. The number of allylic oxidation sites excluding steroid dienone is 4. The number of rotatable bonds is 7. The Morgan fingerprint density at radius 2 is 1.43 bits per heavy atom. The molecule has 0 aromatic rings. The van der Waals surface area contributed by atoms with E-state index in [0.29, 0.717) is 6.42 Å². The van der Waals surface area contributed by atoms with E-state index >= 15 is 0 Å². The van der Waals surface area contributed by atoms with Crippen molar-refractivity contribution >= 4 is 23.1 Å². The largest absolute Gasteiger partial charge is 0.366 e. The molecule has 5 aliphatic rings. The summed E-state index contributed by atoms with van der Waals surface area (Å²) in [5.74, 6) is -2.52. The lowest BCUT2D eigenvalue weighted by atomic mass is 9.26. The van der Waals surface area contributed by atoms with Crippen LogP contribution < -0.4 is 0 Å². The van der Waals surface area contributed by atoms with E-state index in [0.717, 1.165) is 11.1 Å². The Morgan fingerprint density at radius 3 is 1.89 bits per heavy atom. The number of ketones is 4. The molecule has 0 amide bonds. The highest BCUT2D eigenvalue weighted by Gasteiger charge is 2.88. The smallest absolute Gasteiger partial charge is 0.168 e. The second kappa shape index (κ2) is 7.57. The molecule has 35 heavy (non-hydrogen) atoms. The van der Waals surface area contributed by atoms with Crippen LogP contribution in [0.5, 0.6) is 0 Å². The molecule has 6 atom stereocenters. The fourth-order valence-corrected chi connectivity index (χ4v) is 7.91. The molecule has 0 aromatic carbocycles. The van der Waals surface area contributed by atoms with Crippen LogP contribution in [-0.4, -0.2) is 34.8 Å². The molecular formula is C30H42O5. The van der Waals surface area contributed by atoms with Crippen molar-refractivity contribution in [1.82, 2.24) is 0 Å². The lowest BCUT2D eigenvalue weighted by Crippen LogP contribution is -2.84. The van der Waals surface area contributed by atoms with Gasteiger partial charge in [0.05, 0.1) is 22.5 Å². The quantitative estimate of drug-likeness (QED) is 0.273. The zero-order valence-electron chi connectivity index (χ0n) is 23.1. The number of Topliss-reactive ketones (excluding diaryl/α,β-unsaturated/α-hetero) is 4. The summed E-state index contributed by atoms with van der Waals surface area (Å²) in [6.07, 6.45) is 4.47. The topological polar surface area (TPSA) is 80.8 Å². The van der Waals surface area contributed by atoms with Gasteiger partial charge < -0.3 is 4.74 Å². The van der Waals surface area contributed by atoms with Gasteiger partial charge in [-0.2, -0.15) is 0 Å². The molecule has 0 N–H and O–H groups in total. The number of carbonyl (C=O) groups excluding carboxylic acids is 4. The summed E-state index contributed by atoms with van der Waals surface area (Å²) in [4.78, 5) is 58.3. The summed E-state index contributed by atoms with van der Waals surface area (Å²) in [5, 5.41) is 0. The van der Waals surface area contributed by atoms with Crippen LogP contribution in [0.25, 0.3) is 0 Å². The first-order valence-electron chi connectivity index (χ1n) is 13.1. The second-order valence-corrected chi connectivity index (χ2v) is 13.5. The van der Waals surface area contributed by atoms with Crippen LogP contribution in [-0.2, 0) is 23.9 Å². The molecule has 0 unspecified atom stereocenters. The minimum absolute atomic E-state index is 0.166. The molecule has 4 aliphatic carbocycles. The summed E-state index contributed by atoms with van der Waals surface area (Å²) in [5.41, 5.74) is -3.91. The minimum atomic E-state index is -1.81. The number of hydrogen-bond acceptors (Lipinski definition) is 5. The third kappa shape index (κ3) is 2.97. The van der Waals surface area contributed by atoms with Crippen LogP contribution in [0.4, 0.5) is 0 Å². The average Bonchev–Trinajstić information content (AvgIpc) is 3.36. The molecule has 4 bridgehead atoms. The zero-order valence-corrected chi connectivity index (χ0v) is 23.1. The van der Waals surface area contributed by atoms with Crippen molar-refractivity contribution in [2.75, 3.05) is 0 Å². The molecule has 5 rings (SSSR count). The summed E-state index contributed by atoms with van der Waals surface area (Å²) in [6, 6.07) is 0. The number of ether oxygens (including phenoxy) is 1. The van der Waals surface area contributed by atoms with Crippen LogP contribution in [0.1, 0.15) is 88.5 Å². The lowest BCUT2D eigenvalue weighted by molar-refractivity contribution is -0.221. The third-order valence-electron chi connectivity index (χ3n) is 9.80. The molecule has 4 saturated carbocycles. The number of carbonyl (C=O) groups is 4. The van der Waals surface area contributed by atoms with E-state index in [-0.39, 0.29) is 42.3 Å². The molecule has 1 aliphatic heterocycles. The van der Waals surface area contributed by atoms with E-state index in [1.807, 2.05) is 67.5 Å². The van der Waals surface area contributed by atoms with Gasteiger partial charge >= 0.3 is 0 Å². The van der Waals surface area contributed by atoms with Crippen molar-refractivity contribution in [1.29, 1.82) is 0 Å². The summed E-state index contributed by atoms with van der Waals surface area (Å²) in [6.45, 7) is 19.1. The Hall–Kier alpha value is -1.88. The average molecular weight is 483 g/mol. The predicted molar refractivity (Wildman–Crippen MR) is 135 cm³/mol. The van der Waals surface area contributed by atoms with Gasteiger partial charge in [0.25, 0.3) is 0 Å². The van der Waals surface area contributed by atoms with E-state index in [1.165, 1.54) is 0 Å². The van der Waals surface area contributed by atoms with Crippen LogP contribution in [0, 0.1) is 39.4 Å². The maximum atomic E-state index is 14.9. The monoisotopic (exact) mass is 482 g/mol. The standard InChI is InChI=1S/C30H42O5/c1-16(2)11-13-28-15-19-20(22-27(9,10)35-22)29(23(28)32,14-12-17(3)4)25(34)30(24(28)33,26(19,7)8)21(31)18(5)6/h11-12,18-20,22H,13-15H2,1-10H3/t19-,20-,22-,28+,29-,30+/m1/s1. The first-order valence-corrected chi connectivity index (χ1v) is 13.1. The third-order valence-corrected chi connectivity index (χ3v) is 9.80. The normalized spacial score (nSPS) is 40.2. The SMILES string of the molecule is CC(C)=CC[C@]12C[C@@H]3[C@H]([C@H]4OC4(C)C)[C@](CC=C(C)C)(C1=O)C(=O)[C@](C(=O)C(C)C)(C2=O)C3(C)C. The first-order chi connectivity index (χ1) is 16.0. The maximum absolute atomic E-state index is 14.9. The van der Waals surface area contributed by atoms with Gasteiger partial charge in [0, 0.05) is 11.8 Å². The van der Waals surface area contributed by atoms with Crippen molar-refractivity contribution in [3.63, 3.8) is 0 Å². The zero-order chi connectivity index (χ0) is 26.5. The highest BCUT2D eigenvalue weighted by Crippen LogP contribution is 2.77. The first kappa shape index (κ1) is 26.2. The van der Waals surface area contributed by atoms with Crippen molar-refractivity contribution in [3.05, 3.63) is 23.3 Å². The van der Waals surface area contributed by atoms with Crippen LogP contribution >= 0.6 is 0 Å². The van der Waals surface area contributed by atoms with Gasteiger partial charge in [-0.25, -0.2) is 0 Å². The van der Waals surface area contributed by atoms with E-state index in [9.17, 15) is 19.2 Å². The molecule has 1 heterocycles. The number of hydrogen-bond donors (Lipinski definition) is 0. The van der Waals surface area contributed by atoms with Gasteiger partial charge in [0.15, 0.2) is 28.5 Å². The highest BCUT2D eigenvalue weighted by molar-refractivity contribution is 6.41. The minimum Gasteiger partial charge on any atom is -0.366 e. The van der Waals surface area contributed by atoms with Crippen molar-refractivity contribution < 1.29 is 23.9 Å². The predicted octanol–water partition coefficient (Wildman–Crippen LogP) is 5.46. The van der Waals surface area contributed by atoms with Crippen LogP contribution in [0.15, 0.2) is 23.3 Å². The second-order valence-electron chi connectivity index (χ2n) is 13.5. The fraction of sp³-hybridized carbons (Fsp3) is 0.733. The van der Waals surface area contributed by atoms with E-state index in [1.54, 1.807) is 13.8 Å². The van der Waals surface area contributed by atoms with Gasteiger partial charge in [0.1, 0.15) is 0 Å². The van der Waals surface area contributed by atoms with Gasteiger partial charge in [-0.05, 0) is 72.1 Å². The summed E-state index contributed by atoms with van der Waals surface area (Å²) < 4.78 is 6.14. The molecule has 5 heteroatoms. The molecule has 1 saturated heterocycles. The van der Waals surface area contributed by atoms with Gasteiger partial charge in [-0.3, -0.25) is 19.2 Å². The Kier molecular flexibility index (Phi) is 5.66. The molecule has 0 aromatic heterocycles. The highest BCUT2D eigenvalue weighted by atomic mass is 16.6. The van der Waals surface area contributed by atoms with E-state index in [2.05, 4.69) is 0 Å². The molecule has 5 nitrogen and oxygen atoms in total. The molecular weight excluding hydrogens is 440 g/mol. The molecule has 192 valence electrons. The van der Waals surface area contributed by atoms with Crippen molar-refractivity contribution in [2.45, 2.75) is 100 Å². The molecule has 0 radical (unpaired) electrons. The maximum Gasteiger partial charge on any atom is 0.168 e. The number of epoxide rings is 1. The van der Waals surface area contributed by atoms with Crippen LogP contribution in [0.3, 0.4) is 0 Å². The Labute approximate surface area is 210 Å². The van der Waals surface area contributed by atoms with Crippen LogP contribution in [0.2, 0.25) is 0 Å². The Balaban J connectivity index is 2.10. The fourth-order valence-electron chi connectivity index (χ4n) is 7.91. The van der Waals surface area contributed by atoms with Crippen molar-refractivity contribution in [2.24, 2.45) is 39.4 Å². The summed E-state index contributed by atoms with van der Waals surface area (Å²) in [7, 11) is 0.